The Morgan fingerprint density at radius 1 is 1.44 bits per heavy atom. The summed E-state index contributed by atoms with van der Waals surface area (Å²) in [6, 6.07) is 7.65. The summed E-state index contributed by atoms with van der Waals surface area (Å²) >= 11 is 0. The first kappa shape index (κ1) is 11.7. The molecule has 0 saturated heterocycles. The molecule has 0 N–H and O–H groups in total. The Morgan fingerprint density at radius 2 is 2.25 bits per heavy atom. The lowest BCUT2D eigenvalue weighted by molar-refractivity contribution is 1.01. The molecule has 0 spiro atoms. The van der Waals surface area contributed by atoms with E-state index < -0.39 is 0 Å². The van der Waals surface area contributed by atoms with E-state index in [9.17, 15) is 0 Å². The Labute approximate surface area is 94.1 Å². The first-order chi connectivity index (χ1) is 7.77. The maximum Gasteiger partial charge on any atom is 0.100 e. The molecule has 4 heteroatoms. The fourth-order valence-electron chi connectivity index (χ4n) is 1.17. The van der Waals surface area contributed by atoms with Crippen LogP contribution in [0.15, 0.2) is 23.3 Å². The average Bonchev–Trinajstić information content (AvgIpc) is 2.30. The second-order valence-corrected chi connectivity index (χ2v) is 3.17. The molecule has 0 fully saturated rings. The molecule has 0 unspecified atom stereocenters. The highest BCUT2D eigenvalue weighted by molar-refractivity contribution is 5.49. The molecule has 0 atom stereocenters. The summed E-state index contributed by atoms with van der Waals surface area (Å²) in [5, 5.41) is 12.3. The van der Waals surface area contributed by atoms with E-state index in [2.05, 4.69) is 27.9 Å². The molecule has 78 valence electrons. The average molecular weight is 210 g/mol. The number of hydrogen-bond donors (Lipinski definition) is 0. The topological polar surface area (TPSA) is 72.6 Å². The zero-order chi connectivity index (χ0) is 11.8. The molecular formula is C12H10N4. The second kappa shape index (κ2) is 6.14. The molecule has 0 aliphatic rings. The molecule has 0 bridgehead atoms. The van der Waals surface area contributed by atoms with E-state index in [-0.39, 0.29) is 0 Å². The van der Waals surface area contributed by atoms with E-state index in [1.54, 1.807) is 6.07 Å². The van der Waals surface area contributed by atoms with Crippen molar-refractivity contribution in [1.29, 1.82) is 5.26 Å². The van der Waals surface area contributed by atoms with E-state index >= 15 is 0 Å². The van der Waals surface area contributed by atoms with Crippen molar-refractivity contribution >= 4 is 0 Å². The number of aryl methyl sites for hydroxylation is 1. The van der Waals surface area contributed by atoms with Crippen molar-refractivity contribution in [3.05, 3.63) is 45.3 Å². The van der Waals surface area contributed by atoms with Crippen LogP contribution in [0.5, 0.6) is 0 Å². The summed E-state index contributed by atoms with van der Waals surface area (Å²) < 4.78 is 0. The monoisotopic (exact) mass is 210 g/mol. The second-order valence-electron chi connectivity index (χ2n) is 3.17. The first-order valence-electron chi connectivity index (χ1n) is 4.78. The van der Waals surface area contributed by atoms with Gasteiger partial charge in [-0.1, -0.05) is 23.0 Å². The zero-order valence-electron chi connectivity index (χ0n) is 8.94. The van der Waals surface area contributed by atoms with E-state index in [4.69, 9.17) is 10.8 Å². The molecule has 0 aromatic heterocycles. The van der Waals surface area contributed by atoms with Crippen LogP contribution in [0.4, 0.5) is 0 Å². The SMILES string of the molecule is Cc1ccc(C#CCCN=[N+]=[N-])c(C#N)c1. The van der Waals surface area contributed by atoms with Gasteiger partial charge in [-0.15, -0.1) is 0 Å². The predicted octanol–water partition coefficient (Wildman–Crippen LogP) is 2.92. The van der Waals surface area contributed by atoms with Gasteiger partial charge in [-0.25, -0.2) is 0 Å². The van der Waals surface area contributed by atoms with E-state index in [1.165, 1.54) is 0 Å². The molecule has 0 amide bonds. The van der Waals surface area contributed by atoms with Crippen LogP contribution in [-0.4, -0.2) is 6.54 Å². The summed E-state index contributed by atoms with van der Waals surface area (Å²) in [6.45, 7) is 2.29. The normalized spacial score (nSPS) is 8.25. The summed E-state index contributed by atoms with van der Waals surface area (Å²) in [7, 11) is 0. The van der Waals surface area contributed by atoms with Gasteiger partial charge in [-0.2, -0.15) is 5.26 Å². The van der Waals surface area contributed by atoms with Crippen LogP contribution in [0.3, 0.4) is 0 Å². The van der Waals surface area contributed by atoms with Gasteiger partial charge >= 0.3 is 0 Å². The smallest absolute Gasteiger partial charge is 0.100 e. The fraction of sp³-hybridized carbons (Fsp3) is 0.250. The highest BCUT2D eigenvalue weighted by Gasteiger charge is 1.97. The van der Waals surface area contributed by atoms with Gasteiger partial charge in [0.1, 0.15) is 6.07 Å². The van der Waals surface area contributed by atoms with E-state index in [0.29, 0.717) is 24.1 Å². The third kappa shape index (κ3) is 3.38. The molecule has 1 aromatic rings. The summed E-state index contributed by atoms with van der Waals surface area (Å²) in [4.78, 5) is 2.63. The van der Waals surface area contributed by atoms with Crippen LogP contribution in [0, 0.1) is 30.1 Å². The van der Waals surface area contributed by atoms with Gasteiger partial charge in [0.2, 0.25) is 0 Å². The van der Waals surface area contributed by atoms with Crippen molar-refractivity contribution in [3.63, 3.8) is 0 Å². The standard InChI is InChI=1S/C12H10N4/c1-10-5-6-11(12(8-10)9-13)4-2-3-7-15-16-14/h5-6,8H,3,7H2,1H3. The van der Waals surface area contributed by atoms with Crippen molar-refractivity contribution < 1.29 is 0 Å². The van der Waals surface area contributed by atoms with Crippen molar-refractivity contribution in [2.45, 2.75) is 13.3 Å². The molecule has 0 aliphatic heterocycles. The largest absolute Gasteiger partial charge is 0.192 e. The number of nitriles is 1. The Morgan fingerprint density at radius 3 is 2.94 bits per heavy atom. The summed E-state index contributed by atoms with van der Waals surface area (Å²) in [6.07, 6.45) is 0.503. The lowest BCUT2D eigenvalue weighted by Crippen LogP contribution is -1.85. The number of hydrogen-bond acceptors (Lipinski definition) is 2. The van der Waals surface area contributed by atoms with Crippen LogP contribution >= 0.6 is 0 Å². The molecule has 4 nitrogen and oxygen atoms in total. The lowest BCUT2D eigenvalue weighted by Gasteiger charge is -1.96. The number of benzene rings is 1. The van der Waals surface area contributed by atoms with Crippen LogP contribution in [-0.2, 0) is 0 Å². The van der Waals surface area contributed by atoms with Crippen molar-refractivity contribution in [2.75, 3.05) is 6.54 Å². The number of rotatable bonds is 2. The Balaban J connectivity index is 2.81. The minimum atomic E-state index is 0.358. The molecule has 0 saturated carbocycles. The fourth-order valence-corrected chi connectivity index (χ4v) is 1.17. The summed E-state index contributed by atoms with van der Waals surface area (Å²) in [5.41, 5.74) is 10.4. The van der Waals surface area contributed by atoms with Gasteiger partial charge in [-0.05, 0) is 30.2 Å². The zero-order valence-corrected chi connectivity index (χ0v) is 8.94. The molecule has 1 rings (SSSR count). The van der Waals surface area contributed by atoms with Gasteiger partial charge in [-0.3, -0.25) is 0 Å². The highest BCUT2D eigenvalue weighted by Crippen LogP contribution is 2.09. The minimum Gasteiger partial charge on any atom is -0.192 e. The van der Waals surface area contributed by atoms with Crippen LogP contribution in [0.25, 0.3) is 10.4 Å². The van der Waals surface area contributed by atoms with Crippen LogP contribution in [0.1, 0.15) is 23.1 Å². The first-order valence-corrected chi connectivity index (χ1v) is 4.78. The van der Waals surface area contributed by atoms with E-state index in [0.717, 1.165) is 5.56 Å². The number of nitrogens with zero attached hydrogens (tertiary/aromatic N) is 4. The highest BCUT2D eigenvalue weighted by atomic mass is 15.1. The molecule has 0 radical (unpaired) electrons. The molecule has 16 heavy (non-hydrogen) atoms. The summed E-state index contributed by atoms with van der Waals surface area (Å²) in [5.74, 6) is 5.76. The van der Waals surface area contributed by atoms with Crippen molar-refractivity contribution in [1.82, 2.24) is 0 Å². The van der Waals surface area contributed by atoms with E-state index in [1.807, 2.05) is 19.1 Å². The predicted molar refractivity (Wildman–Crippen MR) is 61.4 cm³/mol. The minimum absolute atomic E-state index is 0.358. The molecule has 0 aliphatic carbocycles. The van der Waals surface area contributed by atoms with Gasteiger partial charge < -0.3 is 0 Å². The third-order valence-electron chi connectivity index (χ3n) is 1.92. The number of azide groups is 1. The van der Waals surface area contributed by atoms with Crippen molar-refractivity contribution in [2.24, 2.45) is 5.11 Å². The quantitative estimate of drug-likeness (QED) is 0.243. The van der Waals surface area contributed by atoms with Crippen LogP contribution < -0.4 is 0 Å². The van der Waals surface area contributed by atoms with Gasteiger partial charge in [0.15, 0.2) is 0 Å². The van der Waals surface area contributed by atoms with Crippen molar-refractivity contribution in [3.8, 4) is 17.9 Å². The molecular weight excluding hydrogens is 200 g/mol. The maximum atomic E-state index is 8.90. The lowest BCUT2D eigenvalue weighted by atomic mass is 10.1. The van der Waals surface area contributed by atoms with Gasteiger partial charge in [0.05, 0.1) is 5.56 Å². The Kier molecular flexibility index (Phi) is 4.47. The molecule has 0 heterocycles. The maximum absolute atomic E-state index is 8.90. The van der Waals surface area contributed by atoms with Crippen LogP contribution in [0.2, 0.25) is 0 Å². The molecule has 1 aromatic carbocycles. The Bertz CT molecular complexity index is 522. The van der Waals surface area contributed by atoms with Gasteiger partial charge in [0, 0.05) is 23.4 Å². The Hall–Kier alpha value is -2.42. The van der Waals surface area contributed by atoms with Gasteiger partial charge in [0.25, 0.3) is 0 Å². The third-order valence-corrected chi connectivity index (χ3v) is 1.92.